The molecule has 4 nitrogen and oxygen atoms in total. The highest BCUT2D eigenvalue weighted by Crippen LogP contribution is 2.06. The maximum Gasteiger partial charge on any atom is 0.115 e. The largest absolute Gasteiger partial charge is 0.377 e. The van der Waals surface area contributed by atoms with Crippen LogP contribution < -0.4 is 5.32 Å². The zero-order valence-electron chi connectivity index (χ0n) is 8.72. The van der Waals surface area contributed by atoms with Crippen LogP contribution in [0.1, 0.15) is 12.6 Å². The number of aromatic nitrogens is 3. The lowest BCUT2D eigenvalue weighted by Crippen LogP contribution is -2.06. The van der Waals surface area contributed by atoms with Gasteiger partial charge in [-0.05, 0) is 19.1 Å². The number of hydrogen-bond acceptors (Lipinski definition) is 3. The molecule has 0 saturated heterocycles. The lowest BCUT2D eigenvalue weighted by molar-refractivity contribution is 0.724. The molecule has 0 aliphatic rings. The Hall–Kier alpha value is -1.84. The maximum atomic E-state index is 3.95. The minimum Gasteiger partial charge on any atom is -0.377 e. The van der Waals surface area contributed by atoms with Gasteiger partial charge in [-0.3, -0.25) is 0 Å². The Balaban J connectivity index is 1.99. The number of rotatable bonds is 4. The summed E-state index contributed by atoms with van der Waals surface area (Å²) in [6.07, 6.45) is 7.15. The van der Waals surface area contributed by atoms with Crippen LogP contribution in [-0.2, 0) is 13.1 Å². The summed E-state index contributed by atoms with van der Waals surface area (Å²) in [6.45, 7) is 3.93. The fourth-order valence-electron chi connectivity index (χ4n) is 1.50. The summed E-state index contributed by atoms with van der Waals surface area (Å²) in [4.78, 5) is 7.89. The Morgan fingerprint density at radius 3 is 2.87 bits per heavy atom. The third-order valence-corrected chi connectivity index (χ3v) is 2.30. The first-order chi connectivity index (χ1) is 7.40. The number of hydrogen-bond donors (Lipinski definition) is 1. The average Bonchev–Trinajstić information content (AvgIpc) is 2.75. The molecule has 2 aromatic heterocycles. The van der Waals surface area contributed by atoms with Crippen molar-refractivity contribution in [3.05, 3.63) is 42.7 Å². The molecule has 15 heavy (non-hydrogen) atoms. The van der Waals surface area contributed by atoms with Gasteiger partial charge >= 0.3 is 0 Å². The minimum absolute atomic E-state index is 0.800. The fourth-order valence-corrected chi connectivity index (χ4v) is 1.50. The molecule has 0 aliphatic heterocycles. The van der Waals surface area contributed by atoms with Gasteiger partial charge in [0.1, 0.15) is 6.33 Å². The molecular weight excluding hydrogens is 188 g/mol. The van der Waals surface area contributed by atoms with E-state index in [1.54, 1.807) is 12.4 Å². The van der Waals surface area contributed by atoms with Crippen molar-refractivity contribution in [2.45, 2.75) is 20.0 Å². The van der Waals surface area contributed by atoms with Crippen LogP contribution in [0.25, 0.3) is 0 Å². The van der Waals surface area contributed by atoms with Crippen LogP contribution >= 0.6 is 0 Å². The maximum absolute atomic E-state index is 3.95. The standard InChI is InChI=1S/C11H14N4/c1-2-15-5-3-4-11(15)8-14-10-6-12-9-13-7-10/h3-7,9,14H,2,8H2,1H3. The van der Waals surface area contributed by atoms with Crippen molar-refractivity contribution >= 4 is 5.69 Å². The molecule has 2 heterocycles. The molecule has 2 rings (SSSR count). The summed E-state index contributed by atoms with van der Waals surface area (Å²) in [5.74, 6) is 0. The second kappa shape index (κ2) is 4.59. The Kier molecular flexibility index (Phi) is 2.97. The summed E-state index contributed by atoms with van der Waals surface area (Å²) >= 11 is 0. The number of aryl methyl sites for hydroxylation is 1. The van der Waals surface area contributed by atoms with Crippen molar-refractivity contribution in [3.8, 4) is 0 Å². The number of anilines is 1. The van der Waals surface area contributed by atoms with Gasteiger partial charge in [0.2, 0.25) is 0 Å². The van der Waals surface area contributed by atoms with Gasteiger partial charge in [0.15, 0.2) is 0 Å². The van der Waals surface area contributed by atoms with Crippen molar-refractivity contribution in [1.82, 2.24) is 14.5 Å². The summed E-state index contributed by atoms with van der Waals surface area (Å²) in [5, 5.41) is 3.28. The predicted octanol–water partition coefficient (Wildman–Crippen LogP) is 1.91. The molecule has 0 bridgehead atoms. The first-order valence-electron chi connectivity index (χ1n) is 5.03. The molecule has 0 spiro atoms. The highest BCUT2D eigenvalue weighted by Gasteiger charge is 1.98. The van der Waals surface area contributed by atoms with E-state index < -0.39 is 0 Å². The third-order valence-electron chi connectivity index (χ3n) is 2.30. The van der Waals surface area contributed by atoms with Gasteiger partial charge < -0.3 is 9.88 Å². The van der Waals surface area contributed by atoms with Crippen LogP contribution in [0.2, 0.25) is 0 Å². The molecule has 0 aromatic carbocycles. The predicted molar refractivity (Wildman–Crippen MR) is 59.5 cm³/mol. The molecule has 0 aliphatic carbocycles. The van der Waals surface area contributed by atoms with Gasteiger partial charge in [-0.15, -0.1) is 0 Å². The Morgan fingerprint density at radius 2 is 2.13 bits per heavy atom. The number of nitrogens with zero attached hydrogens (tertiary/aromatic N) is 3. The van der Waals surface area contributed by atoms with E-state index in [1.807, 2.05) is 0 Å². The van der Waals surface area contributed by atoms with Crippen LogP contribution in [0.4, 0.5) is 5.69 Å². The lowest BCUT2D eigenvalue weighted by atomic mass is 10.4. The quantitative estimate of drug-likeness (QED) is 0.823. The summed E-state index contributed by atoms with van der Waals surface area (Å²) in [7, 11) is 0. The van der Waals surface area contributed by atoms with Crippen molar-refractivity contribution in [1.29, 1.82) is 0 Å². The van der Waals surface area contributed by atoms with E-state index in [0.717, 1.165) is 18.8 Å². The Morgan fingerprint density at radius 1 is 1.33 bits per heavy atom. The first kappa shape index (κ1) is 9.71. The van der Waals surface area contributed by atoms with Gasteiger partial charge in [0.05, 0.1) is 24.6 Å². The van der Waals surface area contributed by atoms with E-state index in [-0.39, 0.29) is 0 Å². The monoisotopic (exact) mass is 202 g/mol. The molecule has 2 aromatic rings. The van der Waals surface area contributed by atoms with Crippen molar-refractivity contribution < 1.29 is 0 Å². The zero-order valence-corrected chi connectivity index (χ0v) is 8.72. The topological polar surface area (TPSA) is 42.7 Å². The highest BCUT2D eigenvalue weighted by molar-refractivity contribution is 5.37. The lowest BCUT2D eigenvalue weighted by Gasteiger charge is -2.08. The second-order valence-electron chi connectivity index (χ2n) is 3.27. The summed E-state index contributed by atoms with van der Waals surface area (Å²) in [5.41, 5.74) is 2.21. The van der Waals surface area contributed by atoms with Crippen molar-refractivity contribution in [2.75, 3.05) is 5.32 Å². The van der Waals surface area contributed by atoms with E-state index in [0.29, 0.717) is 0 Å². The second-order valence-corrected chi connectivity index (χ2v) is 3.27. The molecule has 4 heteroatoms. The Labute approximate surface area is 89.0 Å². The van der Waals surface area contributed by atoms with Gasteiger partial charge in [0, 0.05) is 18.4 Å². The smallest absolute Gasteiger partial charge is 0.115 e. The van der Waals surface area contributed by atoms with Gasteiger partial charge in [-0.25, -0.2) is 9.97 Å². The average molecular weight is 202 g/mol. The first-order valence-corrected chi connectivity index (χ1v) is 5.03. The van der Waals surface area contributed by atoms with E-state index in [1.165, 1.54) is 12.0 Å². The Bertz CT molecular complexity index is 408. The van der Waals surface area contributed by atoms with Crippen molar-refractivity contribution in [3.63, 3.8) is 0 Å². The van der Waals surface area contributed by atoms with Gasteiger partial charge in [0.25, 0.3) is 0 Å². The van der Waals surface area contributed by atoms with Crippen molar-refractivity contribution in [2.24, 2.45) is 0 Å². The normalized spacial score (nSPS) is 10.2. The van der Waals surface area contributed by atoms with Crippen LogP contribution in [-0.4, -0.2) is 14.5 Å². The van der Waals surface area contributed by atoms with E-state index in [2.05, 4.69) is 45.1 Å². The van der Waals surface area contributed by atoms with E-state index in [9.17, 15) is 0 Å². The van der Waals surface area contributed by atoms with E-state index in [4.69, 9.17) is 0 Å². The fraction of sp³-hybridized carbons (Fsp3) is 0.273. The molecular formula is C11H14N4. The van der Waals surface area contributed by atoms with Crippen LogP contribution in [0.5, 0.6) is 0 Å². The van der Waals surface area contributed by atoms with E-state index >= 15 is 0 Å². The number of nitrogens with one attached hydrogen (secondary N) is 1. The molecule has 0 fully saturated rings. The molecule has 0 saturated carbocycles. The van der Waals surface area contributed by atoms with Crippen LogP contribution in [0, 0.1) is 0 Å². The van der Waals surface area contributed by atoms with Crippen LogP contribution in [0.15, 0.2) is 37.1 Å². The summed E-state index contributed by atoms with van der Waals surface area (Å²) < 4.78 is 2.21. The zero-order chi connectivity index (χ0) is 10.5. The molecule has 0 amide bonds. The molecule has 78 valence electrons. The molecule has 0 atom stereocenters. The minimum atomic E-state index is 0.800. The molecule has 1 N–H and O–H groups in total. The molecule has 0 radical (unpaired) electrons. The highest BCUT2D eigenvalue weighted by atomic mass is 15.0. The van der Waals surface area contributed by atoms with Gasteiger partial charge in [-0.2, -0.15) is 0 Å². The van der Waals surface area contributed by atoms with Gasteiger partial charge in [-0.1, -0.05) is 0 Å². The van der Waals surface area contributed by atoms with Crippen LogP contribution in [0.3, 0.4) is 0 Å². The summed E-state index contributed by atoms with van der Waals surface area (Å²) in [6, 6.07) is 4.17. The third kappa shape index (κ3) is 2.34. The molecule has 0 unspecified atom stereocenters. The SMILES string of the molecule is CCn1cccc1CNc1cncnc1.